The second-order valence-corrected chi connectivity index (χ2v) is 3.72. The Morgan fingerprint density at radius 1 is 1.24 bits per heavy atom. The quantitative estimate of drug-likeness (QED) is 0.772. The van der Waals surface area contributed by atoms with E-state index >= 15 is 0 Å². The molecule has 0 heterocycles. The van der Waals surface area contributed by atoms with Crippen molar-refractivity contribution in [2.75, 3.05) is 19.2 Å². The zero-order valence-corrected chi connectivity index (χ0v) is 10.7. The van der Waals surface area contributed by atoms with Crippen LogP contribution in [0.25, 0.3) is 0 Å². The summed E-state index contributed by atoms with van der Waals surface area (Å²) in [6.07, 6.45) is 1.79. The Labute approximate surface area is 102 Å². The number of ether oxygens (including phenoxy) is 1. The van der Waals surface area contributed by atoms with Gasteiger partial charge in [0.05, 0.1) is 0 Å². The monoisotopic (exact) mass is 236 g/mol. The van der Waals surface area contributed by atoms with Crippen LogP contribution in [0.4, 0.5) is 10.5 Å². The number of amides is 2. The molecule has 0 aliphatic carbocycles. The van der Waals surface area contributed by atoms with Crippen molar-refractivity contribution in [2.45, 2.75) is 26.7 Å². The van der Waals surface area contributed by atoms with E-state index in [1.54, 1.807) is 0 Å². The highest BCUT2D eigenvalue weighted by molar-refractivity contribution is 5.91. The Hall–Kier alpha value is -1.55. The van der Waals surface area contributed by atoms with Gasteiger partial charge >= 0.3 is 6.03 Å². The third-order valence-electron chi connectivity index (χ3n) is 2.61. The van der Waals surface area contributed by atoms with Crippen molar-refractivity contribution < 1.29 is 9.53 Å². The van der Waals surface area contributed by atoms with Gasteiger partial charge in [-0.1, -0.05) is 32.0 Å². The van der Waals surface area contributed by atoms with E-state index in [2.05, 4.69) is 24.5 Å². The first kappa shape index (κ1) is 13.5. The summed E-state index contributed by atoms with van der Waals surface area (Å²) >= 11 is 0. The molecule has 4 heteroatoms. The van der Waals surface area contributed by atoms with Gasteiger partial charge in [-0.05, 0) is 24.0 Å². The van der Waals surface area contributed by atoms with Crippen LogP contribution in [0.1, 0.15) is 25.0 Å². The molecule has 0 aromatic heterocycles. The van der Waals surface area contributed by atoms with Crippen LogP contribution >= 0.6 is 0 Å². The van der Waals surface area contributed by atoms with Crippen molar-refractivity contribution in [3.63, 3.8) is 0 Å². The average Bonchev–Trinajstić information content (AvgIpc) is 2.36. The maximum atomic E-state index is 11.6. The van der Waals surface area contributed by atoms with Crippen LogP contribution in [0.3, 0.4) is 0 Å². The zero-order valence-electron chi connectivity index (χ0n) is 10.7. The van der Waals surface area contributed by atoms with Crippen molar-refractivity contribution in [3.05, 3.63) is 29.3 Å². The SMILES string of the molecule is CCc1cccc(CC)c1NC(=O)NCOC. The number of nitrogens with one attached hydrogen (secondary N) is 2. The van der Waals surface area contributed by atoms with Crippen molar-refractivity contribution in [2.24, 2.45) is 0 Å². The highest BCUT2D eigenvalue weighted by Crippen LogP contribution is 2.22. The third kappa shape index (κ3) is 3.75. The molecule has 0 radical (unpaired) electrons. The standard InChI is InChI=1S/C13H20N2O2/c1-4-10-7-6-8-11(5-2)12(10)15-13(16)14-9-17-3/h6-8H,4-5,9H2,1-3H3,(H2,14,15,16). The minimum Gasteiger partial charge on any atom is -0.364 e. The summed E-state index contributed by atoms with van der Waals surface area (Å²) < 4.78 is 4.79. The van der Waals surface area contributed by atoms with Gasteiger partial charge in [0, 0.05) is 12.8 Å². The molecule has 1 aromatic carbocycles. The lowest BCUT2D eigenvalue weighted by atomic mass is 10.0. The Morgan fingerprint density at radius 3 is 2.29 bits per heavy atom. The molecule has 2 N–H and O–H groups in total. The molecule has 0 aliphatic heterocycles. The summed E-state index contributed by atoms with van der Waals surface area (Å²) in [6, 6.07) is 5.86. The Bertz CT molecular complexity index is 355. The fraction of sp³-hybridized carbons (Fsp3) is 0.462. The fourth-order valence-corrected chi connectivity index (χ4v) is 1.70. The number of urea groups is 1. The summed E-state index contributed by atoms with van der Waals surface area (Å²) in [6.45, 7) is 4.36. The van der Waals surface area contributed by atoms with E-state index in [1.165, 1.54) is 7.11 Å². The van der Waals surface area contributed by atoms with Crippen molar-refractivity contribution in [1.82, 2.24) is 5.32 Å². The number of carbonyl (C=O) groups is 1. The van der Waals surface area contributed by atoms with Gasteiger partial charge < -0.3 is 15.4 Å². The molecule has 0 atom stereocenters. The molecule has 0 spiro atoms. The summed E-state index contributed by atoms with van der Waals surface area (Å²) in [5.74, 6) is 0. The van der Waals surface area contributed by atoms with E-state index in [4.69, 9.17) is 4.74 Å². The van der Waals surface area contributed by atoms with Crippen LogP contribution in [-0.4, -0.2) is 19.9 Å². The Kier molecular flexibility index (Phi) is 5.49. The predicted molar refractivity (Wildman–Crippen MR) is 69.2 cm³/mol. The smallest absolute Gasteiger partial charge is 0.321 e. The maximum Gasteiger partial charge on any atom is 0.321 e. The van der Waals surface area contributed by atoms with Crippen LogP contribution in [0.5, 0.6) is 0 Å². The molecule has 17 heavy (non-hydrogen) atoms. The molecule has 0 bridgehead atoms. The Balaban J connectivity index is 2.83. The van der Waals surface area contributed by atoms with Gasteiger partial charge in [0.15, 0.2) is 0 Å². The molecule has 0 fully saturated rings. The van der Waals surface area contributed by atoms with Crippen LogP contribution in [0.2, 0.25) is 0 Å². The summed E-state index contributed by atoms with van der Waals surface area (Å²) in [5, 5.41) is 5.50. The minimum atomic E-state index is -0.234. The van der Waals surface area contributed by atoms with Crippen molar-refractivity contribution in [3.8, 4) is 0 Å². The normalized spacial score (nSPS) is 10.1. The van der Waals surface area contributed by atoms with Gasteiger partial charge in [0.2, 0.25) is 0 Å². The highest BCUT2D eigenvalue weighted by atomic mass is 16.5. The summed E-state index contributed by atoms with van der Waals surface area (Å²) in [5.41, 5.74) is 3.22. The molecule has 0 aliphatic rings. The molecule has 2 amide bonds. The van der Waals surface area contributed by atoms with E-state index < -0.39 is 0 Å². The van der Waals surface area contributed by atoms with E-state index in [-0.39, 0.29) is 12.8 Å². The van der Waals surface area contributed by atoms with Crippen LogP contribution in [0.15, 0.2) is 18.2 Å². The number of benzene rings is 1. The number of para-hydroxylation sites is 1. The second-order valence-electron chi connectivity index (χ2n) is 3.72. The largest absolute Gasteiger partial charge is 0.364 e. The van der Waals surface area contributed by atoms with Gasteiger partial charge in [-0.3, -0.25) is 0 Å². The zero-order chi connectivity index (χ0) is 12.7. The highest BCUT2D eigenvalue weighted by Gasteiger charge is 2.08. The summed E-state index contributed by atoms with van der Waals surface area (Å²) in [4.78, 5) is 11.6. The maximum absolute atomic E-state index is 11.6. The number of aryl methyl sites for hydroxylation is 2. The number of anilines is 1. The topological polar surface area (TPSA) is 50.4 Å². The lowest BCUT2D eigenvalue weighted by Gasteiger charge is -2.14. The third-order valence-corrected chi connectivity index (χ3v) is 2.61. The molecular weight excluding hydrogens is 216 g/mol. The molecule has 0 saturated heterocycles. The van der Waals surface area contributed by atoms with Crippen molar-refractivity contribution in [1.29, 1.82) is 0 Å². The van der Waals surface area contributed by atoms with E-state index in [0.29, 0.717) is 0 Å². The van der Waals surface area contributed by atoms with Crippen LogP contribution in [0, 0.1) is 0 Å². The van der Waals surface area contributed by atoms with Gasteiger partial charge in [0.1, 0.15) is 6.73 Å². The number of hydrogen-bond acceptors (Lipinski definition) is 2. The number of hydrogen-bond donors (Lipinski definition) is 2. The van der Waals surface area contributed by atoms with Crippen LogP contribution in [-0.2, 0) is 17.6 Å². The molecule has 0 saturated carbocycles. The van der Waals surface area contributed by atoms with Crippen LogP contribution < -0.4 is 10.6 Å². The van der Waals surface area contributed by atoms with E-state index in [0.717, 1.165) is 29.7 Å². The summed E-state index contributed by atoms with van der Waals surface area (Å²) in [7, 11) is 1.54. The van der Waals surface area contributed by atoms with Gasteiger partial charge in [0.25, 0.3) is 0 Å². The molecular formula is C13H20N2O2. The molecule has 1 rings (SSSR count). The molecule has 94 valence electrons. The minimum absolute atomic E-state index is 0.210. The van der Waals surface area contributed by atoms with E-state index in [1.807, 2.05) is 18.2 Å². The van der Waals surface area contributed by atoms with Crippen molar-refractivity contribution >= 4 is 11.7 Å². The lowest BCUT2D eigenvalue weighted by Crippen LogP contribution is -2.31. The fourth-order valence-electron chi connectivity index (χ4n) is 1.70. The first-order valence-electron chi connectivity index (χ1n) is 5.87. The average molecular weight is 236 g/mol. The molecule has 1 aromatic rings. The predicted octanol–water partition coefficient (Wildman–Crippen LogP) is 2.54. The molecule has 0 unspecified atom stereocenters. The van der Waals surface area contributed by atoms with Gasteiger partial charge in [-0.2, -0.15) is 0 Å². The molecule has 4 nitrogen and oxygen atoms in total. The number of rotatable bonds is 5. The Morgan fingerprint density at radius 2 is 1.82 bits per heavy atom. The first-order chi connectivity index (χ1) is 8.22. The number of carbonyl (C=O) groups excluding carboxylic acids is 1. The van der Waals surface area contributed by atoms with Gasteiger partial charge in [-0.25, -0.2) is 4.79 Å². The first-order valence-corrected chi connectivity index (χ1v) is 5.87. The lowest BCUT2D eigenvalue weighted by molar-refractivity contribution is 0.177. The van der Waals surface area contributed by atoms with E-state index in [9.17, 15) is 4.79 Å². The van der Waals surface area contributed by atoms with Gasteiger partial charge in [-0.15, -0.1) is 0 Å². The second kappa shape index (κ2) is 6.91. The number of methoxy groups -OCH3 is 1.